The van der Waals surface area contributed by atoms with Gasteiger partial charge in [-0.05, 0) is 35.4 Å². The maximum Gasteiger partial charge on any atom is 2.00 e. The lowest BCUT2D eigenvalue weighted by Crippen LogP contribution is -2.24. The molecule has 172 valence electrons. The van der Waals surface area contributed by atoms with E-state index in [4.69, 9.17) is 9.47 Å². The number of rotatable bonds is 2. The van der Waals surface area contributed by atoms with Gasteiger partial charge < -0.3 is 29.3 Å². The van der Waals surface area contributed by atoms with E-state index in [1.165, 1.54) is 0 Å². The van der Waals surface area contributed by atoms with Crippen molar-refractivity contribution in [2.75, 3.05) is 0 Å². The van der Waals surface area contributed by atoms with Crippen LogP contribution in [0, 0.1) is 0 Å². The molecule has 0 bridgehead atoms. The third-order valence-electron chi connectivity index (χ3n) is 5.83. The van der Waals surface area contributed by atoms with Crippen LogP contribution >= 0.6 is 0 Å². The molecular formula is C28H18O6S. The van der Waals surface area contributed by atoms with E-state index in [9.17, 15) is 19.8 Å². The van der Waals surface area contributed by atoms with Crippen LogP contribution in [-0.2, 0) is 26.3 Å². The Hall–Kier alpha value is -4.23. The summed E-state index contributed by atoms with van der Waals surface area (Å²) in [7, 11) is 0. The molecule has 4 radical (unpaired) electrons. The number of fused-ring (bicyclic) bond motifs is 4. The molecule has 0 atom stereocenters. The third-order valence-corrected chi connectivity index (χ3v) is 5.83. The topological polar surface area (TPSA) is 98.7 Å². The van der Waals surface area contributed by atoms with Gasteiger partial charge in [0, 0.05) is 35.1 Å². The zero-order chi connectivity index (χ0) is 23.7. The molecule has 0 amide bonds. The van der Waals surface area contributed by atoms with E-state index in [-0.39, 0.29) is 24.6 Å². The summed E-state index contributed by atoms with van der Waals surface area (Å²) in [5, 5.41) is 22.0. The lowest BCUT2D eigenvalue weighted by molar-refractivity contribution is -0.256. The number of carbonyl (C=O) groups is 2. The molecule has 0 unspecified atom stereocenters. The Bertz CT molecular complexity index is 1320. The molecule has 4 aromatic carbocycles. The Balaban J connectivity index is 0.000000160. The van der Waals surface area contributed by atoms with E-state index in [0.29, 0.717) is 35.5 Å². The largest absolute Gasteiger partial charge is 2.00 e. The van der Waals surface area contributed by atoms with E-state index in [2.05, 4.69) is 0 Å². The van der Waals surface area contributed by atoms with Crippen molar-refractivity contribution in [3.05, 3.63) is 118 Å². The van der Waals surface area contributed by atoms with Crippen molar-refractivity contribution in [1.29, 1.82) is 0 Å². The molecule has 7 heteroatoms. The maximum absolute atomic E-state index is 11.0. The van der Waals surface area contributed by atoms with Gasteiger partial charge in [-0.3, -0.25) is 0 Å². The SMILES string of the molecule is O=C([O-])c1cccc2c1Cc1ccccc1O2.O=C([O-])c1cccc2c1Cc1ccccc1O2.[S+2]. The van der Waals surface area contributed by atoms with Gasteiger partial charge in [0.2, 0.25) is 0 Å². The maximum atomic E-state index is 11.0. The van der Waals surface area contributed by atoms with Crippen molar-refractivity contribution in [2.24, 2.45) is 0 Å². The Labute approximate surface area is 208 Å². The summed E-state index contributed by atoms with van der Waals surface area (Å²) in [6, 6.07) is 25.2. The van der Waals surface area contributed by atoms with E-state index < -0.39 is 11.9 Å². The highest BCUT2D eigenvalue weighted by Gasteiger charge is 2.20. The van der Waals surface area contributed by atoms with Gasteiger partial charge in [0.1, 0.15) is 23.0 Å². The van der Waals surface area contributed by atoms with E-state index in [0.717, 1.165) is 22.6 Å². The predicted molar refractivity (Wildman–Crippen MR) is 128 cm³/mol. The van der Waals surface area contributed by atoms with Crippen molar-refractivity contribution in [3.8, 4) is 23.0 Å². The molecule has 6 rings (SSSR count). The van der Waals surface area contributed by atoms with Gasteiger partial charge >= 0.3 is 13.5 Å². The summed E-state index contributed by atoms with van der Waals surface area (Å²) in [5.74, 6) is 0.455. The van der Waals surface area contributed by atoms with Gasteiger partial charge in [-0.2, -0.15) is 0 Å². The molecule has 35 heavy (non-hydrogen) atoms. The van der Waals surface area contributed by atoms with Crippen LogP contribution in [0.5, 0.6) is 23.0 Å². The number of ether oxygens (including phenoxy) is 2. The summed E-state index contributed by atoms with van der Waals surface area (Å²) in [5.41, 5.74) is 3.77. The van der Waals surface area contributed by atoms with Crippen molar-refractivity contribution < 1.29 is 29.3 Å². The monoisotopic (exact) mass is 482 g/mol. The molecule has 0 spiro atoms. The second-order valence-corrected chi connectivity index (χ2v) is 7.91. The Kier molecular flexibility index (Phi) is 6.80. The Morgan fingerprint density at radius 2 is 0.914 bits per heavy atom. The molecule has 0 N–H and O–H groups in total. The number of hydrogen-bond acceptors (Lipinski definition) is 6. The van der Waals surface area contributed by atoms with E-state index in [1.54, 1.807) is 36.4 Å². The van der Waals surface area contributed by atoms with Crippen LogP contribution in [0.1, 0.15) is 43.0 Å². The van der Waals surface area contributed by atoms with Gasteiger partial charge in [0.15, 0.2) is 0 Å². The zero-order valence-corrected chi connectivity index (χ0v) is 19.2. The van der Waals surface area contributed by atoms with Crippen molar-refractivity contribution in [3.63, 3.8) is 0 Å². The molecule has 0 saturated carbocycles. The Morgan fingerprint density at radius 1 is 0.543 bits per heavy atom. The zero-order valence-electron chi connectivity index (χ0n) is 18.4. The molecule has 6 nitrogen and oxygen atoms in total. The fourth-order valence-corrected chi connectivity index (χ4v) is 4.19. The molecule has 0 saturated heterocycles. The lowest BCUT2D eigenvalue weighted by atomic mass is 9.96. The predicted octanol–water partition coefficient (Wildman–Crippen LogP) is 3.49. The number of aromatic carboxylic acids is 2. The second-order valence-electron chi connectivity index (χ2n) is 7.91. The van der Waals surface area contributed by atoms with Crippen LogP contribution in [0.25, 0.3) is 0 Å². The summed E-state index contributed by atoms with van der Waals surface area (Å²) >= 11 is 0. The number of benzene rings is 4. The highest BCUT2D eigenvalue weighted by Crippen LogP contribution is 2.38. The first-order valence-electron chi connectivity index (χ1n) is 10.7. The first kappa shape index (κ1) is 23.9. The van der Waals surface area contributed by atoms with Gasteiger partial charge in [0.25, 0.3) is 0 Å². The van der Waals surface area contributed by atoms with Gasteiger partial charge in [-0.1, -0.05) is 60.7 Å². The van der Waals surface area contributed by atoms with Crippen molar-refractivity contribution in [2.45, 2.75) is 12.8 Å². The first-order chi connectivity index (χ1) is 16.5. The average molecular weight is 483 g/mol. The van der Waals surface area contributed by atoms with Crippen molar-refractivity contribution >= 4 is 25.4 Å². The number of hydrogen-bond donors (Lipinski definition) is 0. The summed E-state index contributed by atoms with van der Waals surface area (Å²) in [6.45, 7) is 0. The smallest absolute Gasteiger partial charge is 0.545 e. The minimum atomic E-state index is -1.16. The first-order valence-corrected chi connectivity index (χ1v) is 10.7. The van der Waals surface area contributed by atoms with Gasteiger partial charge in [-0.15, -0.1) is 0 Å². The molecule has 0 aromatic heterocycles. The highest BCUT2D eigenvalue weighted by atomic mass is 32.1. The van der Waals surface area contributed by atoms with Crippen LogP contribution in [-0.4, -0.2) is 11.9 Å². The molecule has 0 fully saturated rings. The molecule has 2 aliphatic heterocycles. The minimum Gasteiger partial charge on any atom is -0.545 e. The lowest BCUT2D eigenvalue weighted by Gasteiger charge is -2.22. The van der Waals surface area contributed by atoms with Gasteiger partial charge in [-0.25, -0.2) is 0 Å². The second kappa shape index (κ2) is 9.95. The van der Waals surface area contributed by atoms with Crippen LogP contribution < -0.4 is 19.7 Å². The Morgan fingerprint density at radius 3 is 1.31 bits per heavy atom. The number of para-hydroxylation sites is 2. The van der Waals surface area contributed by atoms with Crippen LogP contribution in [0.2, 0.25) is 0 Å². The standard InChI is InChI=1S/2C14H10O3.S/c2*15-14(16)10-5-3-7-13-11(10)8-9-4-1-2-6-12(9)17-13;/h2*1-7H,8H2,(H,15,16);/q;;+2/p-2. The quantitative estimate of drug-likeness (QED) is 0.375. The third kappa shape index (κ3) is 4.72. The molecule has 2 heterocycles. The van der Waals surface area contributed by atoms with Crippen LogP contribution in [0.3, 0.4) is 0 Å². The minimum absolute atomic E-state index is 0. The van der Waals surface area contributed by atoms with Crippen molar-refractivity contribution in [1.82, 2.24) is 0 Å². The highest BCUT2D eigenvalue weighted by molar-refractivity contribution is 7.37. The van der Waals surface area contributed by atoms with E-state index >= 15 is 0 Å². The molecule has 2 aliphatic rings. The normalized spacial score (nSPS) is 11.9. The van der Waals surface area contributed by atoms with E-state index in [1.807, 2.05) is 48.5 Å². The fraction of sp³-hybridized carbons (Fsp3) is 0.0714. The molecular weight excluding hydrogens is 464 g/mol. The number of carboxylic acids is 2. The fourth-order valence-electron chi connectivity index (χ4n) is 4.19. The summed E-state index contributed by atoms with van der Waals surface area (Å²) in [6.07, 6.45) is 1.13. The summed E-state index contributed by atoms with van der Waals surface area (Å²) in [4.78, 5) is 22.0. The van der Waals surface area contributed by atoms with Crippen LogP contribution in [0.15, 0.2) is 84.9 Å². The number of carbonyl (C=O) groups excluding carboxylic acids is 2. The van der Waals surface area contributed by atoms with Gasteiger partial charge in [0.05, 0.1) is 11.9 Å². The average Bonchev–Trinajstić information content (AvgIpc) is 2.85. The van der Waals surface area contributed by atoms with Crippen LogP contribution in [0.4, 0.5) is 0 Å². The molecule has 4 aromatic rings. The number of carboxylic acid groups (broad SMARTS) is 2. The summed E-state index contributed by atoms with van der Waals surface area (Å²) < 4.78 is 11.4. The molecule has 0 aliphatic carbocycles.